The number of hydrogen-bond donors (Lipinski definition) is 2. The second kappa shape index (κ2) is 4.15. The second-order valence-electron chi connectivity index (χ2n) is 6.31. The van der Waals surface area contributed by atoms with Crippen molar-refractivity contribution in [3.05, 3.63) is 23.8 Å². The molecule has 4 nitrogen and oxygen atoms in total. The van der Waals surface area contributed by atoms with Crippen LogP contribution in [-0.2, 0) is 0 Å². The molecule has 1 aromatic rings. The number of rotatable bonds is 3. The minimum absolute atomic E-state index is 0.0815. The van der Waals surface area contributed by atoms with Gasteiger partial charge in [-0.3, -0.25) is 4.79 Å². The molecular formula is C15H22N2O2. The van der Waals surface area contributed by atoms with Gasteiger partial charge in [0, 0.05) is 11.6 Å². The molecule has 1 aromatic carbocycles. The van der Waals surface area contributed by atoms with Crippen LogP contribution in [0.1, 0.15) is 38.1 Å². The van der Waals surface area contributed by atoms with E-state index >= 15 is 0 Å². The van der Waals surface area contributed by atoms with Crippen LogP contribution in [0.2, 0.25) is 0 Å². The van der Waals surface area contributed by atoms with E-state index in [0.29, 0.717) is 17.0 Å². The SMILES string of the molecule is COc1cc(C(=O)NC2C(C)(C)C2(C)C)ccc1N. The summed E-state index contributed by atoms with van der Waals surface area (Å²) in [5.74, 6) is 0.448. The first-order chi connectivity index (χ1) is 8.71. The van der Waals surface area contributed by atoms with Crippen molar-refractivity contribution in [2.45, 2.75) is 33.7 Å². The molecule has 3 N–H and O–H groups in total. The summed E-state index contributed by atoms with van der Waals surface area (Å²) in [4.78, 5) is 12.2. The van der Waals surface area contributed by atoms with Gasteiger partial charge in [-0.2, -0.15) is 0 Å². The number of carbonyl (C=O) groups excluding carboxylic acids is 1. The Labute approximate surface area is 114 Å². The molecule has 19 heavy (non-hydrogen) atoms. The van der Waals surface area contributed by atoms with E-state index < -0.39 is 0 Å². The number of carbonyl (C=O) groups is 1. The molecule has 1 saturated carbocycles. The van der Waals surface area contributed by atoms with Crippen molar-refractivity contribution < 1.29 is 9.53 Å². The summed E-state index contributed by atoms with van der Waals surface area (Å²) < 4.78 is 5.13. The number of nitrogen functional groups attached to an aromatic ring is 1. The molecule has 1 amide bonds. The van der Waals surface area contributed by atoms with Crippen LogP contribution in [0.3, 0.4) is 0 Å². The normalized spacial score (nSPS) is 19.8. The Kier molecular flexibility index (Phi) is 3.00. The Morgan fingerprint density at radius 2 is 1.84 bits per heavy atom. The van der Waals surface area contributed by atoms with Crippen LogP contribution in [0.15, 0.2) is 18.2 Å². The van der Waals surface area contributed by atoms with Gasteiger partial charge in [-0.25, -0.2) is 0 Å². The lowest BCUT2D eigenvalue weighted by molar-refractivity contribution is 0.0943. The Hall–Kier alpha value is -1.71. The number of hydrogen-bond acceptors (Lipinski definition) is 3. The summed E-state index contributed by atoms with van der Waals surface area (Å²) >= 11 is 0. The Morgan fingerprint density at radius 1 is 1.26 bits per heavy atom. The monoisotopic (exact) mass is 262 g/mol. The lowest BCUT2D eigenvalue weighted by Crippen LogP contribution is -2.29. The number of methoxy groups -OCH3 is 1. The van der Waals surface area contributed by atoms with Crippen LogP contribution in [0.5, 0.6) is 5.75 Å². The number of anilines is 1. The first-order valence-corrected chi connectivity index (χ1v) is 6.46. The molecule has 1 aliphatic rings. The highest BCUT2D eigenvalue weighted by atomic mass is 16.5. The van der Waals surface area contributed by atoms with Gasteiger partial charge in [-0.05, 0) is 29.0 Å². The lowest BCUT2D eigenvalue weighted by atomic mass is 10.0. The van der Waals surface area contributed by atoms with Gasteiger partial charge >= 0.3 is 0 Å². The molecule has 0 atom stereocenters. The van der Waals surface area contributed by atoms with Gasteiger partial charge in [-0.1, -0.05) is 27.7 Å². The summed E-state index contributed by atoms with van der Waals surface area (Å²) in [6, 6.07) is 5.27. The molecule has 0 unspecified atom stereocenters. The van der Waals surface area contributed by atoms with Gasteiger partial charge in [0.05, 0.1) is 12.8 Å². The quantitative estimate of drug-likeness (QED) is 0.822. The standard InChI is InChI=1S/C15H22N2O2/c1-14(2)13(15(14,3)4)17-12(18)9-6-7-10(16)11(8-9)19-5/h6-8,13H,16H2,1-5H3,(H,17,18). The zero-order valence-corrected chi connectivity index (χ0v) is 12.2. The van der Waals surface area contributed by atoms with E-state index in [2.05, 4.69) is 33.0 Å². The van der Waals surface area contributed by atoms with E-state index in [0.717, 1.165) is 0 Å². The zero-order valence-electron chi connectivity index (χ0n) is 12.2. The minimum Gasteiger partial charge on any atom is -0.495 e. The van der Waals surface area contributed by atoms with Crippen LogP contribution < -0.4 is 15.8 Å². The molecule has 0 bridgehead atoms. The van der Waals surface area contributed by atoms with Crippen molar-refractivity contribution in [3.8, 4) is 5.75 Å². The first-order valence-electron chi connectivity index (χ1n) is 6.46. The Bertz CT molecular complexity index is 507. The van der Waals surface area contributed by atoms with Gasteiger partial charge in [0.1, 0.15) is 5.75 Å². The third kappa shape index (κ3) is 2.05. The van der Waals surface area contributed by atoms with Crippen LogP contribution in [0, 0.1) is 10.8 Å². The molecule has 2 rings (SSSR count). The molecule has 0 heterocycles. The van der Waals surface area contributed by atoms with E-state index in [4.69, 9.17) is 10.5 Å². The highest BCUT2D eigenvalue weighted by molar-refractivity contribution is 5.95. The molecule has 0 saturated heterocycles. The smallest absolute Gasteiger partial charge is 0.251 e. The predicted molar refractivity (Wildman–Crippen MR) is 76.2 cm³/mol. The molecule has 4 heteroatoms. The predicted octanol–water partition coefficient (Wildman–Crippen LogP) is 2.44. The Morgan fingerprint density at radius 3 is 2.32 bits per heavy atom. The molecule has 0 aromatic heterocycles. The number of ether oxygens (including phenoxy) is 1. The fraction of sp³-hybridized carbons (Fsp3) is 0.533. The van der Waals surface area contributed by atoms with Crippen molar-refractivity contribution in [1.29, 1.82) is 0 Å². The minimum atomic E-state index is -0.0815. The topological polar surface area (TPSA) is 64.3 Å². The van der Waals surface area contributed by atoms with Crippen LogP contribution in [-0.4, -0.2) is 19.1 Å². The lowest BCUT2D eigenvalue weighted by Gasteiger charge is -2.09. The second-order valence-corrected chi connectivity index (χ2v) is 6.31. The van der Waals surface area contributed by atoms with Crippen LogP contribution in [0.4, 0.5) is 5.69 Å². The molecule has 0 aliphatic heterocycles. The maximum absolute atomic E-state index is 12.2. The molecule has 0 radical (unpaired) electrons. The van der Waals surface area contributed by atoms with E-state index in [1.54, 1.807) is 25.3 Å². The van der Waals surface area contributed by atoms with Crippen molar-refractivity contribution in [2.75, 3.05) is 12.8 Å². The van der Waals surface area contributed by atoms with Gasteiger partial charge in [-0.15, -0.1) is 0 Å². The summed E-state index contributed by atoms with van der Waals surface area (Å²) in [7, 11) is 1.54. The molecule has 104 valence electrons. The van der Waals surface area contributed by atoms with Gasteiger partial charge < -0.3 is 15.8 Å². The number of amides is 1. The largest absolute Gasteiger partial charge is 0.495 e. The van der Waals surface area contributed by atoms with Gasteiger partial charge in [0.2, 0.25) is 0 Å². The fourth-order valence-electron chi connectivity index (χ4n) is 2.62. The average Bonchev–Trinajstić information content (AvgIpc) is 2.72. The fourth-order valence-corrected chi connectivity index (χ4v) is 2.62. The molecule has 0 spiro atoms. The van der Waals surface area contributed by atoms with E-state index in [1.807, 2.05) is 0 Å². The average molecular weight is 262 g/mol. The van der Waals surface area contributed by atoms with Crippen molar-refractivity contribution in [3.63, 3.8) is 0 Å². The van der Waals surface area contributed by atoms with E-state index in [-0.39, 0.29) is 22.8 Å². The number of benzene rings is 1. The van der Waals surface area contributed by atoms with Gasteiger partial charge in [0.25, 0.3) is 5.91 Å². The third-order valence-corrected chi connectivity index (χ3v) is 4.79. The number of nitrogens with one attached hydrogen (secondary N) is 1. The van der Waals surface area contributed by atoms with Crippen molar-refractivity contribution in [2.24, 2.45) is 10.8 Å². The van der Waals surface area contributed by atoms with E-state index in [1.165, 1.54) is 0 Å². The highest BCUT2D eigenvalue weighted by Gasteiger charge is 2.65. The Balaban J connectivity index is 2.14. The summed E-state index contributed by atoms with van der Waals surface area (Å²) in [6.45, 7) is 8.67. The third-order valence-electron chi connectivity index (χ3n) is 4.79. The number of nitrogens with two attached hydrogens (primary N) is 1. The maximum atomic E-state index is 12.2. The van der Waals surface area contributed by atoms with Crippen molar-refractivity contribution in [1.82, 2.24) is 5.32 Å². The molecule has 1 aliphatic carbocycles. The van der Waals surface area contributed by atoms with Crippen molar-refractivity contribution >= 4 is 11.6 Å². The molecule has 1 fully saturated rings. The maximum Gasteiger partial charge on any atom is 0.251 e. The summed E-state index contributed by atoms with van der Waals surface area (Å²) in [6.07, 6.45) is 0. The summed E-state index contributed by atoms with van der Waals surface area (Å²) in [5, 5.41) is 3.09. The van der Waals surface area contributed by atoms with Crippen LogP contribution >= 0.6 is 0 Å². The highest BCUT2D eigenvalue weighted by Crippen LogP contribution is 2.62. The van der Waals surface area contributed by atoms with Crippen LogP contribution in [0.25, 0.3) is 0 Å². The first kappa shape index (κ1) is 13.7. The summed E-state index contributed by atoms with van der Waals surface area (Å²) in [5.41, 5.74) is 7.10. The van der Waals surface area contributed by atoms with Gasteiger partial charge in [0.15, 0.2) is 0 Å². The van der Waals surface area contributed by atoms with E-state index in [9.17, 15) is 4.79 Å². The zero-order chi connectivity index (χ0) is 14.4. The molecular weight excluding hydrogens is 240 g/mol.